The van der Waals surface area contributed by atoms with Crippen molar-refractivity contribution in [2.24, 2.45) is 5.92 Å². The summed E-state index contributed by atoms with van der Waals surface area (Å²) in [5, 5.41) is 3.66. The molecule has 120 valence electrons. The lowest BCUT2D eigenvalue weighted by Gasteiger charge is -2.33. The van der Waals surface area contributed by atoms with Gasteiger partial charge in [-0.05, 0) is 45.1 Å². The smallest absolute Gasteiger partial charge is 0.410 e. The summed E-state index contributed by atoms with van der Waals surface area (Å²) in [6, 6.07) is 11.3. The van der Waals surface area contributed by atoms with Gasteiger partial charge in [0.25, 0.3) is 0 Å². The van der Waals surface area contributed by atoms with Crippen molar-refractivity contribution in [1.29, 1.82) is 0 Å². The maximum absolute atomic E-state index is 12.2. The molecule has 1 aliphatic heterocycles. The molecule has 3 atom stereocenters. The predicted octanol–water partition coefficient (Wildman–Crippen LogP) is 3.17. The number of carbonyl (C=O) groups excluding carboxylic acids is 1. The Balaban J connectivity index is 1.50. The molecular weight excluding hydrogens is 276 g/mol. The third kappa shape index (κ3) is 3.43. The molecule has 2 aliphatic rings. The van der Waals surface area contributed by atoms with Gasteiger partial charge in [-0.3, -0.25) is 0 Å². The maximum Gasteiger partial charge on any atom is 0.410 e. The van der Waals surface area contributed by atoms with E-state index in [1.807, 2.05) is 31.7 Å². The van der Waals surface area contributed by atoms with Crippen molar-refractivity contribution in [3.63, 3.8) is 0 Å². The van der Waals surface area contributed by atoms with Crippen LogP contribution in [0.25, 0.3) is 0 Å². The molecule has 1 heterocycles. The molecule has 1 saturated heterocycles. The van der Waals surface area contributed by atoms with Gasteiger partial charge in [-0.2, -0.15) is 0 Å². The first kappa shape index (κ1) is 15.3. The highest BCUT2D eigenvalue weighted by atomic mass is 16.6. The fourth-order valence-electron chi connectivity index (χ4n) is 3.59. The van der Waals surface area contributed by atoms with Gasteiger partial charge >= 0.3 is 6.09 Å². The third-order valence-electron chi connectivity index (χ3n) is 4.58. The first-order valence-electron chi connectivity index (χ1n) is 8.19. The van der Waals surface area contributed by atoms with Gasteiger partial charge in [0.15, 0.2) is 0 Å². The first-order chi connectivity index (χ1) is 10.4. The third-order valence-corrected chi connectivity index (χ3v) is 4.58. The van der Waals surface area contributed by atoms with Crippen molar-refractivity contribution in [2.75, 3.05) is 6.54 Å². The van der Waals surface area contributed by atoms with E-state index in [1.54, 1.807) is 0 Å². The van der Waals surface area contributed by atoms with E-state index >= 15 is 0 Å². The van der Waals surface area contributed by atoms with E-state index in [2.05, 4.69) is 29.6 Å². The Labute approximate surface area is 132 Å². The standard InChI is InChI=1S/C18H26N2O2/c1-18(2,3)22-17(21)20-12-14-9-15(20)10-16(14)19-11-13-7-5-4-6-8-13/h4-8,14-16,19H,9-12H2,1-3H3/t14-,15-,16-/m1/s1. The predicted molar refractivity (Wildman–Crippen MR) is 86.5 cm³/mol. The molecule has 0 radical (unpaired) electrons. The normalized spacial score (nSPS) is 27.2. The van der Waals surface area contributed by atoms with Crippen LogP contribution in [0, 0.1) is 5.92 Å². The number of ether oxygens (including phenoxy) is 1. The molecule has 4 nitrogen and oxygen atoms in total. The van der Waals surface area contributed by atoms with Crippen LogP contribution < -0.4 is 5.32 Å². The van der Waals surface area contributed by atoms with Gasteiger partial charge in [0.05, 0.1) is 0 Å². The van der Waals surface area contributed by atoms with Crippen molar-refractivity contribution in [3.8, 4) is 0 Å². The topological polar surface area (TPSA) is 41.6 Å². The van der Waals surface area contributed by atoms with E-state index in [-0.39, 0.29) is 6.09 Å². The zero-order valence-electron chi connectivity index (χ0n) is 13.7. The van der Waals surface area contributed by atoms with E-state index in [9.17, 15) is 4.79 Å². The highest BCUT2D eigenvalue weighted by Gasteiger charge is 2.47. The number of fused-ring (bicyclic) bond motifs is 2. The molecule has 1 aromatic rings. The molecule has 0 spiro atoms. The van der Waals surface area contributed by atoms with Gasteiger partial charge in [-0.25, -0.2) is 4.79 Å². The molecule has 1 N–H and O–H groups in total. The summed E-state index contributed by atoms with van der Waals surface area (Å²) in [6.07, 6.45) is 1.99. The Morgan fingerprint density at radius 2 is 2.00 bits per heavy atom. The zero-order valence-corrected chi connectivity index (χ0v) is 13.7. The number of nitrogens with zero attached hydrogens (tertiary/aromatic N) is 1. The summed E-state index contributed by atoms with van der Waals surface area (Å²) in [4.78, 5) is 14.1. The van der Waals surface area contributed by atoms with Gasteiger partial charge in [0.2, 0.25) is 0 Å². The maximum atomic E-state index is 12.2. The number of piperidine rings is 1. The number of hydrogen-bond acceptors (Lipinski definition) is 3. The van der Waals surface area contributed by atoms with Crippen molar-refractivity contribution in [2.45, 2.75) is 57.8 Å². The molecule has 3 rings (SSSR count). The van der Waals surface area contributed by atoms with Crippen LogP contribution in [0.4, 0.5) is 4.79 Å². The number of likely N-dealkylation sites (tertiary alicyclic amines) is 1. The second kappa shape index (κ2) is 5.92. The highest BCUT2D eigenvalue weighted by Crippen LogP contribution is 2.38. The Kier molecular flexibility index (Phi) is 4.13. The van der Waals surface area contributed by atoms with Crippen molar-refractivity contribution in [1.82, 2.24) is 10.2 Å². The number of nitrogens with one attached hydrogen (secondary N) is 1. The molecule has 22 heavy (non-hydrogen) atoms. The summed E-state index contributed by atoms with van der Waals surface area (Å²) >= 11 is 0. The fraction of sp³-hybridized carbons (Fsp3) is 0.611. The van der Waals surface area contributed by atoms with Gasteiger partial charge in [0.1, 0.15) is 5.60 Å². The van der Waals surface area contributed by atoms with E-state index in [0.29, 0.717) is 18.0 Å². The van der Waals surface area contributed by atoms with E-state index in [0.717, 1.165) is 25.9 Å². The number of benzene rings is 1. The average Bonchev–Trinajstić information content (AvgIpc) is 3.04. The van der Waals surface area contributed by atoms with E-state index in [4.69, 9.17) is 4.74 Å². The van der Waals surface area contributed by atoms with Crippen LogP contribution in [0.2, 0.25) is 0 Å². The Bertz CT molecular complexity index is 524. The van der Waals surface area contributed by atoms with Crippen molar-refractivity contribution in [3.05, 3.63) is 35.9 Å². The van der Waals surface area contributed by atoms with Gasteiger partial charge in [0, 0.05) is 25.2 Å². The van der Waals surface area contributed by atoms with Gasteiger partial charge in [-0.15, -0.1) is 0 Å². The Hall–Kier alpha value is -1.55. The molecule has 1 amide bonds. The van der Waals surface area contributed by atoms with Crippen LogP contribution >= 0.6 is 0 Å². The lowest BCUT2D eigenvalue weighted by Crippen LogP contribution is -2.47. The summed E-state index contributed by atoms with van der Waals surface area (Å²) in [5.74, 6) is 0.557. The Morgan fingerprint density at radius 3 is 2.59 bits per heavy atom. The van der Waals surface area contributed by atoms with Crippen LogP contribution in [-0.4, -0.2) is 35.2 Å². The van der Waals surface area contributed by atoms with Gasteiger partial charge in [-0.1, -0.05) is 30.3 Å². The fourth-order valence-corrected chi connectivity index (χ4v) is 3.59. The molecule has 4 heteroatoms. The molecule has 0 unspecified atom stereocenters. The molecule has 1 saturated carbocycles. The zero-order chi connectivity index (χ0) is 15.7. The summed E-state index contributed by atoms with van der Waals surface area (Å²) < 4.78 is 5.51. The molecule has 1 aliphatic carbocycles. The second-order valence-corrected chi connectivity index (χ2v) is 7.49. The van der Waals surface area contributed by atoms with Crippen LogP contribution in [0.15, 0.2) is 30.3 Å². The van der Waals surface area contributed by atoms with Crippen molar-refractivity contribution >= 4 is 6.09 Å². The SMILES string of the molecule is CC(C)(C)OC(=O)N1C[C@H]2C[C@@H]1C[C@H]2NCc1ccccc1. The van der Waals surface area contributed by atoms with Crippen LogP contribution in [0.3, 0.4) is 0 Å². The van der Waals surface area contributed by atoms with E-state index < -0.39 is 5.60 Å². The van der Waals surface area contributed by atoms with E-state index in [1.165, 1.54) is 5.56 Å². The minimum Gasteiger partial charge on any atom is -0.444 e. The van der Waals surface area contributed by atoms with Crippen LogP contribution in [0.1, 0.15) is 39.2 Å². The number of rotatable bonds is 3. The quantitative estimate of drug-likeness (QED) is 0.932. The summed E-state index contributed by atoms with van der Waals surface area (Å²) in [6.45, 7) is 7.49. The Morgan fingerprint density at radius 1 is 1.27 bits per heavy atom. The molecule has 2 bridgehead atoms. The lowest BCUT2D eigenvalue weighted by atomic mass is 10.0. The minimum atomic E-state index is -0.413. The molecular formula is C18H26N2O2. The summed E-state index contributed by atoms with van der Waals surface area (Å²) in [5.41, 5.74) is 0.901. The lowest BCUT2D eigenvalue weighted by molar-refractivity contribution is 0.0174. The monoisotopic (exact) mass is 302 g/mol. The molecule has 1 aromatic carbocycles. The van der Waals surface area contributed by atoms with Crippen LogP contribution in [-0.2, 0) is 11.3 Å². The largest absolute Gasteiger partial charge is 0.444 e. The first-order valence-corrected chi connectivity index (χ1v) is 8.19. The number of carbonyl (C=O) groups is 1. The minimum absolute atomic E-state index is 0.151. The molecule has 2 fully saturated rings. The number of amides is 1. The highest BCUT2D eigenvalue weighted by molar-refractivity contribution is 5.69. The molecule has 0 aromatic heterocycles. The second-order valence-electron chi connectivity index (χ2n) is 7.49. The van der Waals surface area contributed by atoms with Crippen LogP contribution in [0.5, 0.6) is 0 Å². The summed E-state index contributed by atoms with van der Waals surface area (Å²) in [7, 11) is 0. The average molecular weight is 302 g/mol. The van der Waals surface area contributed by atoms with Crippen molar-refractivity contribution < 1.29 is 9.53 Å². The number of hydrogen-bond donors (Lipinski definition) is 1. The van der Waals surface area contributed by atoms with Gasteiger partial charge < -0.3 is 15.0 Å².